The van der Waals surface area contributed by atoms with Gasteiger partial charge < -0.3 is 4.42 Å². The highest BCUT2D eigenvalue weighted by atomic mass is 32.1. The quantitative estimate of drug-likeness (QED) is 0.707. The molecule has 0 atom stereocenters. The van der Waals surface area contributed by atoms with E-state index in [-0.39, 0.29) is 0 Å². The van der Waals surface area contributed by atoms with E-state index in [1.165, 1.54) is 11.3 Å². The van der Waals surface area contributed by atoms with Gasteiger partial charge >= 0.3 is 11.4 Å². The monoisotopic (exact) mass is 246 g/mol. The maximum atomic E-state index is 11.5. The van der Waals surface area contributed by atoms with Gasteiger partial charge in [0, 0.05) is 17.1 Å². The Balaban J connectivity index is 2.34. The molecule has 1 aromatic carbocycles. The molecule has 0 aliphatic heterocycles. The van der Waals surface area contributed by atoms with Crippen LogP contribution in [-0.4, -0.2) is 9.97 Å². The second-order valence-corrected chi connectivity index (χ2v) is 4.29. The SMILES string of the molecule is O=c1[nH]c2ccc(-c3nccs3)cc2c(=O)o1. The molecule has 0 amide bonds. The lowest BCUT2D eigenvalue weighted by Gasteiger charge is -1.98. The minimum atomic E-state index is -0.746. The number of aromatic nitrogens is 2. The molecule has 84 valence electrons. The van der Waals surface area contributed by atoms with Gasteiger partial charge in [-0.2, -0.15) is 0 Å². The molecule has 6 heteroatoms. The molecule has 0 unspecified atom stereocenters. The minimum absolute atomic E-state index is 0.345. The third kappa shape index (κ3) is 1.68. The van der Waals surface area contributed by atoms with Crippen molar-refractivity contribution in [3.05, 3.63) is 50.7 Å². The van der Waals surface area contributed by atoms with Crippen LogP contribution in [-0.2, 0) is 0 Å². The Kier molecular flexibility index (Phi) is 2.15. The van der Waals surface area contributed by atoms with Crippen LogP contribution in [0.1, 0.15) is 0 Å². The van der Waals surface area contributed by atoms with Crippen LogP contribution in [0.3, 0.4) is 0 Å². The lowest BCUT2D eigenvalue weighted by molar-refractivity contribution is 0.460. The van der Waals surface area contributed by atoms with Crippen molar-refractivity contribution in [3.8, 4) is 10.6 Å². The molecule has 2 heterocycles. The summed E-state index contributed by atoms with van der Waals surface area (Å²) in [6, 6.07) is 5.14. The zero-order chi connectivity index (χ0) is 11.8. The molecule has 0 fully saturated rings. The van der Waals surface area contributed by atoms with E-state index in [9.17, 15) is 9.59 Å². The number of hydrogen-bond acceptors (Lipinski definition) is 5. The first-order valence-corrected chi connectivity index (χ1v) is 5.69. The summed E-state index contributed by atoms with van der Waals surface area (Å²) < 4.78 is 4.48. The topological polar surface area (TPSA) is 76.0 Å². The first-order chi connectivity index (χ1) is 8.24. The van der Waals surface area contributed by atoms with E-state index in [0.717, 1.165) is 10.6 Å². The van der Waals surface area contributed by atoms with Gasteiger partial charge in [-0.1, -0.05) is 0 Å². The van der Waals surface area contributed by atoms with Gasteiger partial charge in [0.2, 0.25) is 0 Å². The number of hydrogen-bond donors (Lipinski definition) is 1. The van der Waals surface area contributed by atoms with Gasteiger partial charge in [-0.15, -0.1) is 11.3 Å². The molecule has 0 saturated carbocycles. The van der Waals surface area contributed by atoms with Crippen LogP contribution in [0.25, 0.3) is 21.5 Å². The maximum absolute atomic E-state index is 11.5. The van der Waals surface area contributed by atoms with E-state index in [2.05, 4.69) is 14.4 Å². The van der Waals surface area contributed by atoms with Crippen LogP contribution in [0, 0.1) is 0 Å². The van der Waals surface area contributed by atoms with Crippen molar-refractivity contribution in [1.82, 2.24) is 9.97 Å². The number of nitrogens with one attached hydrogen (secondary N) is 1. The normalized spacial score (nSPS) is 10.8. The van der Waals surface area contributed by atoms with Gasteiger partial charge in [-0.3, -0.25) is 4.98 Å². The number of rotatable bonds is 1. The van der Waals surface area contributed by atoms with E-state index in [1.807, 2.05) is 5.38 Å². The van der Waals surface area contributed by atoms with Crippen molar-refractivity contribution in [2.45, 2.75) is 0 Å². The van der Waals surface area contributed by atoms with Crippen LogP contribution in [0.4, 0.5) is 0 Å². The van der Waals surface area contributed by atoms with E-state index in [0.29, 0.717) is 10.9 Å². The van der Waals surface area contributed by atoms with Crippen molar-refractivity contribution in [3.63, 3.8) is 0 Å². The maximum Gasteiger partial charge on any atom is 0.419 e. The summed E-state index contributed by atoms with van der Waals surface area (Å²) in [5.74, 6) is -0.746. The van der Waals surface area contributed by atoms with E-state index < -0.39 is 11.4 Å². The average molecular weight is 246 g/mol. The average Bonchev–Trinajstić information content (AvgIpc) is 2.82. The molecular weight excluding hydrogens is 240 g/mol. The molecule has 0 saturated heterocycles. The van der Waals surface area contributed by atoms with Crippen LogP contribution in [0.2, 0.25) is 0 Å². The smallest absolute Gasteiger partial charge is 0.372 e. The Morgan fingerprint density at radius 1 is 1.29 bits per heavy atom. The Morgan fingerprint density at radius 3 is 2.94 bits per heavy atom. The predicted molar refractivity (Wildman–Crippen MR) is 64.2 cm³/mol. The standard InChI is InChI=1S/C11H6N2O3S/c14-10-7-5-6(9-12-3-4-17-9)1-2-8(7)13-11(15)16-10/h1-5H,(H,13,15). The number of benzene rings is 1. The van der Waals surface area contributed by atoms with Crippen molar-refractivity contribution in [1.29, 1.82) is 0 Å². The summed E-state index contributed by atoms with van der Waals surface area (Å²) in [5.41, 5.74) is 0.653. The Labute approximate surface area is 98.4 Å². The van der Waals surface area contributed by atoms with Crippen molar-refractivity contribution in [2.75, 3.05) is 0 Å². The molecule has 17 heavy (non-hydrogen) atoms. The lowest BCUT2D eigenvalue weighted by Crippen LogP contribution is -2.14. The highest BCUT2D eigenvalue weighted by molar-refractivity contribution is 7.13. The van der Waals surface area contributed by atoms with Crippen LogP contribution < -0.4 is 11.4 Å². The zero-order valence-electron chi connectivity index (χ0n) is 8.47. The number of aromatic amines is 1. The number of H-pyrrole nitrogens is 1. The highest BCUT2D eigenvalue weighted by Crippen LogP contribution is 2.23. The highest BCUT2D eigenvalue weighted by Gasteiger charge is 2.06. The molecule has 5 nitrogen and oxygen atoms in total. The largest absolute Gasteiger partial charge is 0.419 e. The van der Waals surface area contributed by atoms with Gasteiger partial charge in [0.05, 0.1) is 10.9 Å². The number of thiazole rings is 1. The first kappa shape index (κ1) is 9.98. The molecule has 3 rings (SSSR count). The second kappa shape index (κ2) is 3.67. The predicted octanol–water partition coefficient (Wildman–Crippen LogP) is 1.60. The van der Waals surface area contributed by atoms with Gasteiger partial charge in [0.25, 0.3) is 0 Å². The summed E-state index contributed by atoms with van der Waals surface area (Å²) in [5, 5.41) is 3.02. The molecule has 0 spiro atoms. The lowest BCUT2D eigenvalue weighted by atomic mass is 10.1. The van der Waals surface area contributed by atoms with Crippen molar-refractivity contribution >= 4 is 22.2 Å². The Hall–Kier alpha value is -2.21. The molecule has 0 bridgehead atoms. The fourth-order valence-corrected chi connectivity index (χ4v) is 2.23. The van der Waals surface area contributed by atoms with Crippen LogP contribution >= 0.6 is 11.3 Å². The molecule has 3 aromatic rings. The Morgan fingerprint density at radius 2 is 2.18 bits per heavy atom. The summed E-state index contributed by atoms with van der Waals surface area (Å²) in [6.45, 7) is 0. The van der Waals surface area contributed by atoms with Crippen molar-refractivity contribution < 1.29 is 4.42 Å². The fraction of sp³-hybridized carbons (Fsp3) is 0. The molecule has 0 aliphatic rings. The number of nitrogens with zero attached hydrogens (tertiary/aromatic N) is 1. The second-order valence-electron chi connectivity index (χ2n) is 3.40. The molecule has 2 aromatic heterocycles. The van der Waals surface area contributed by atoms with Gasteiger partial charge in [-0.25, -0.2) is 14.6 Å². The first-order valence-electron chi connectivity index (χ1n) is 4.81. The zero-order valence-corrected chi connectivity index (χ0v) is 9.28. The summed E-state index contributed by atoms with van der Waals surface area (Å²) in [7, 11) is 0. The van der Waals surface area contributed by atoms with E-state index in [1.54, 1.807) is 24.4 Å². The number of fused-ring (bicyclic) bond motifs is 1. The summed E-state index contributed by atoms with van der Waals surface area (Å²) in [6.07, 6.45) is 1.69. The van der Waals surface area contributed by atoms with Gasteiger partial charge in [0.1, 0.15) is 5.01 Å². The molecule has 1 N–H and O–H groups in total. The molecule has 0 aliphatic carbocycles. The van der Waals surface area contributed by atoms with E-state index >= 15 is 0 Å². The van der Waals surface area contributed by atoms with E-state index in [4.69, 9.17) is 0 Å². The summed E-state index contributed by atoms with van der Waals surface area (Å²) >= 11 is 1.48. The molecular formula is C11H6N2O3S. The minimum Gasteiger partial charge on any atom is -0.372 e. The van der Waals surface area contributed by atoms with Crippen LogP contribution in [0.15, 0.2) is 43.8 Å². The van der Waals surface area contributed by atoms with Gasteiger partial charge in [-0.05, 0) is 18.2 Å². The molecule has 0 radical (unpaired) electrons. The van der Waals surface area contributed by atoms with Crippen molar-refractivity contribution in [2.24, 2.45) is 0 Å². The third-order valence-corrected chi connectivity index (χ3v) is 3.16. The third-order valence-electron chi connectivity index (χ3n) is 2.34. The summed E-state index contributed by atoms with van der Waals surface area (Å²) in [4.78, 5) is 29.1. The van der Waals surface area contributed by atoms with Gasteiger partial charge in [0.15, 0.2) is 0 Å². The Bertz CT molecular complexity index is 786. The fourth-order valence-electron chi connectivity index (χ4n) is 1.60. The van der Waals surface area contributed by atoms with Crippen LogP contribution in [0.5, 0.6) is 0 Å².